The molecule has 0 unspecified atom stereocenters. The number of carbonyl (C=O) groups excluding carboxylic acids is 2. The predicted molar refractivity (Wildman–Crippen MR) is 33.6 cm³/mol. The van der Waals surface area contributed by atoms with Crippen molar-refractivity contribution in [2.75, 3.05) is 19.9 Å². The fourth-order valence-electron chi connectivity index (χ4n) is 0.381. The van der Waals surface area contributed by atoms with Gasteiger partial charge in [0.2, 0.25) is 0 Å². The van der Waals surface area contributed by atoms with E-state index in [9.17, 15) is 14.0 Å². The Labute approximate surface area is 63.3 Å². The molecule has 0 bridgehead atoms. The molecule has 0 aromatic heterocycles. The highest BCUT2D eigenvalue weighted by Crippen LogP contribution is 1.83. The molecule has 0 N–H and O–H groups in total. The van der Waals surface area contributed by atoms with E-state index in [-0.39, 0.29) is 6.61 Å². The second kappa shape index (κ2) is 5.64. The van der Waals surface area contributed by atoms with E-state index in [1.165, 1.54) is 0 Å². The molecule has 0 spiro atoms. The molecule has 4 nitrogen and oxygen atoms in total. The van der Waals surface area contributed by atoms with Crippen LogP contribution in [0.1, 0.15) is 6.92 Å². The molecule has 0 radical (unpaired) electrons. The number of carbonyl (C=O) groups is 2. The summed E-state index contributed by atoms with van der Waals surface area (Å²) in [5.41, 5.74) is 0. The first kappa shape index (κ1) is 9.87. The molecular weight excluding hydrogens is 155 g/mol. The monoisotopic (exact) mass is 164 g/mol. The normalized spacial score (nSPS) is 8.91. The highest BCUT2D eigenvalue weighted by Gasteiger charge is 2.06. The van der Waals surface area contributed by atoms with Gasteiger partial charge in [0.05, 0.1) is 6.61 Å². The van der Waals surface area contributed by atoms with Crippen LogP contribution in [-0.2, 0) is 19.1 Å². The lowest BCUT2D eigenvalue weighted by atomic mass is 10.7. The van der Waals surface area contributed by atoms with Crippen molar-refractivity contribution in [1.82, 2.24) is 0 Å². The smallest absolute Gasteiger partial charge is 0.344 e. The Balaban J connectivity index is 3.38. The summed E-state index contributed by atoms with van der Waals surface area (Å²) in [6.45, 7) is 0.0941. The Hall–Kier alpha value is -1.13. The second-order valence-electron chi connectivity index (χ2n) is 1.60. The summed E-state index contributed by atoms with van der Waals surface area (Å²) >= 11 is 0. The molecule has 64 valence electrons. The summed E-state index contributed by atoms with van der Waals surface area (Å²) in [4.78, 5) is 20.6. The number of esters is 2. The second-order valence-corrected chi connectivity index (χ2v) is 1.60. The molecule has 0 atom stereocenters. The van der Waals surface area contributed by atoms with Crippen LogP contribution < -0.4 is 0 Å². The van der Waals surface area contributed by atoms with E-state index in [1.54, 1.807) is 6.92 Å². The predicted octanol–water partition coefficient (Wildman–Crippen LogP) is 0.0622. The van der Waals surface area contributed by atoms with Crippen molar-refractivity contribution in [3.05, 3.63) is 0 Å². The van der Waals surface area contributed by atoms with E-state index in [1.807, 2.05) is 0 Å². The molecule has 0 aromatic carbocycles. The third-order valence-electron chi connectivity index (χ3n) is 0.765. The van der Waals surface area contributed by atoms with Crippen molar-refractivity contribution in [2.24, 2.45) is 0 Å². The number of halogens is 1. The maximum atomic E-state index is 11.4. The van der Waals surface area contributed by atoms with Crippen molar-refractivity contribution in [2.45, 2.75) is 6.92 Å². The van der Waals surface area contributed by atoms with Crippen LogP contribution in [0.25, 0.3) is 0 Å². The lowest BCUT2D eigenvalue weighted by Crippen LogP contribution is -2.17. The zero-order valence-electron chi connectivity index (χ0n) is 6.13. The van der Waals surface area contributed by atoms with Crippen LogP contribution in [-0.4, -0.2) is 31.8 Å². The Morgan fingerprint density at radius 3 is 2.36 bits per heavy atom. The maximum absolute atomic E-state index is 11.4. The minimum absolute atomic E-state index is 0.214. The highest BCUT2D eigenvalue weighted by molar-refractivity contribution is 5.76. The van der Waals surface area contributed by atoms with E-state index < -0.39 is 25.2 Å². The van der Waals surface area contributed by atoms with Gasteiger partial charge in [-0.3, -0.25) is 0 Å². The van der Waals surface area contributed by atoms with Crippen molar-refractivity contribution in [1.29, 1.82) is 0 Å². The van der Waals surface area contributed by atoms with E-state index in [0.29, 0.717) is 0 Å². The first-order valence-corrected chi connectivity index (χ1v) is 3.08. The summed E-state index contributed by atoms with van der Waals surface area (Å²) in [7, 11) is 0. The number of ether oxygens (including phenoxy) is 2. The van der Waals surface area contributed by atoms with Gasteiger partial charge in [0.1, 0.15) is 0 Å². The van der Waals surface area contributed by atoms with E-state index >= 15 is 0 Å². The maximum Gasteiger partial charge on any atom is 0.344 e. The van der Waals surface area contributed by atoms with E-state index in [2.05, 4.69) is 9.47 Å². The molecule has 0 aromatic rings. The number of rotatable bonds is 4. The first-order valence-electron chi connectivity index (χ1n) is 3.08. The van der Waals surface area contributed by atoms with Gasteiger partial charge in [0.25, 0.3) is 0 Å². The van der Waals surface area contributed by atoms with Crippen molar-refractivity contribution in [3.63, 3.8) is 0 Å². The number of hydrogen-bond donors (Lipinski definition) is 0. The molecule has 0 aliphatic rings. The largest absolute Gasteiger partial charge is 0.463 e. The molecule has 0 aliphatic carbocycles. The molecule has 0 fully saturated rings. The van der Waals surface area contributed by atoms with Crippen molar-refractivity contribution >= 4 is 11.9 Å². The highest BCUT2D eigenvalue weighted by atomic mass is 19.1. The molecule has 5 heteroatoms. The third kappa shape index (κ3) is 5.32. The molecule has 0 aliphatic heterocycles. The summed E-state index contributed by atoms with van der Waals surface area (Å²) in [5.74, 6) is -1.73. The van der Waals surface area contributed by atoms with Crippen LogP contribution in [0.3, 0.4) is 0 Å². The van der Waals surface area contributed by atoms with Crippen LogP contribution in [0.5, 0.6) is 0 Å². The molecule has 0 heterocycles. The van der Waals surface area contributed by atoms with Gasteiger partial charge in [0, 0.05) is 0 Å². The first-order chi connectivity index (χ1) is 5.20. The topological polar surface area (TPSA) is 52.6 Å². The summed E-state index contributed by atoms with van der Waals surface area (Å²) < 4.78 is 19.9. The SMILES string of the molecule is CCOC(=O)COC(=O)CF. The molecule has 0 saturated heterocycles. The molecule has 0 amide bonds. The molecular formula is C6H9FO4. The summed E-state index contributed by atoms with van der Waals surface area (Å²) in [6, 6.07) is 0. The summed E-state index contributed by atoms with van der Waals surface area (Å²) in [5, 5.41) is 0. The lowest BCUT2D eigenvalue weighted by Gasteiger charge is -2.00. The molecule has 0 saturated carbocycles. The van der Waals surface area contributed by atoms with Crippen molar-refractivity contribution < 1.29 is 23.5 Å². The van der Waals surface area contributed by atoms with Crippen LogP contribution in [0.2, 0.25) is 0 Å². The molecule has 11 heavy (non-hydrogen) atoms. The average Bonchev–Trinajstić information content (AvgIpc) is 2.01. The Kier molecular flexibility index (Phi) is 5.06. The van der Waals surface area contributed by atoms with Gasteiger partial charge in [-0.1, -0.05) is 0 Å². The van der Waals surface area contributed by atoms with Crippen molar-refractivity contribution in [3.8, 4) is 0 Å². The van der Waals surface area contributed by atoms with Crippen LogP contribution in [0.4, 0.5) is 4.39 Å². The Morgan fingerprint density at radius 1 is 1.27 bits per heavy atom. The van der Waals surface area contributed by atoms with Gasteiger partial charge in [-0.2, -0.15) is 0 Å². The minimum Gasteiger partial charge on any atom is -0.463 e. The Bertz CT molecular complexity index is 146. The summed E-state index contributed by atoms with van der Waals surface area (Å²) in [6.07, 6.45) is 0. The van der Waals surface area contributed by atoms with Crippen LogP contribution in [0, 0.1) is 0 Å². The fourth-order valence-corrected chi connectivity index (χ4v) is 0.381. The van der Waals surface area contributed by atoms with Crippen LogP contribution >= 0.6 is 0 Å². The van der Waals surface area contributed by atoms with Gasteiger partial charge in [-0.15, -0.1) is 0 Å². The zero-order valence-corrected chi connectivity index (χ0v) is 6.13. The van der Waals surface area contributed by atoms with Gasteiger partial charge in [0.15, 0.2) is 13.3 Å². The van der Waals surface area contributed by atoms with Gasteiger partial charge in [-0.25, -0.2) is 14.0 Å². The van der Waals surface area contributed by atoms with E-state index in [4.69, 9.17) is 0 Å². The lowest BCUT2D eigenvalue weighted by molar-refractivity contribution is -0.158. The Morgan fingerprint density at radius 2 is 1.91 bits per heavy atom. The standard InChI is InChI=1S/C6H9FO4/c1-2-10-6(9)4-11-5(8)3-7/h2-4H2,1H3. The third-order valence-corrected chi connectivity index (χ3v) is 0.765. The van der Waals surface area contributed by atoms with E-state index in [0.717, 1.165) is 0 Å². The van der Waals surface area contributed by atoms with Gasteiger partial charge >= 0.3 is 11.9 Å². The fraction of sp³-hybridized carbons (Fsp3) is 0.667. The molecule has 0 rings (SSSR count). The quantitative estimate of drug-likeness (QED) is 0.551. The van der Waals surface area contributed by atoms with Crippen LogP contribution in [0.15, 0.2) is 0 Å². The number of hydrogen-bond acceptors (Lipinski definition) is 4. The van der Waals surface area contributed by atoms with Gasteiger partial charge < -0.3 is 9.47 Å². The average molecular weight is 164 g/mol. The van der Waals surface area contributed by atoms with Gasteiger partial charge in [-0.05, 0) is 6.92 Å². The zero-order chi connectivity index (χ0) is 8.69. The number of alkyl halides is 1. The minimum atomic E-state index is -1.22.